The third-order valence-corrected chi connectivity index (χ3v) is 0.976. The zero-order valence-corrected chi connectivity index (χ0v) is 7.03. The van der Waals surface area contributed by atoms with Gasteiger partial charge in [-0.25, -0.2) is 0 Å². The van der Waals surface area contributed by atoms with Crippen LogP contribution in [0.25, 0.3) is 0 Å². The number of allylic oxidation sites excluding steroid dienone is 1. The normalized spacial score (nSPS) is 7.75. The van der Waals surface area contributed by atoms with Crippen LogP contribution in [0.1, 0.15) is 6.92 Å². The molecule has 64 valence electrons. The van der Waals surface area contributed by atoms with Crippen molar-refractivity contribution in [2.75, 3.05) is 0 Å². The van der Waals surface area contributed by atoms with E-state index in [9.17, 15) is 4.79 Å². The lowest BCUT2D eigenvalue weighted by Crippen LogP contribution is -1.90. The van der Waals surface area contributed by atoms with Gasteiger partial charge in [0.25, 0.3) is 0 Å². The summed E-state index contributed by atoms with van der Waals surface area (Å²) in [6, 6.07) is 7.55. The lowest BCUT2D eigenvalue weighted by Gasteiger charge is -1.74. The first-order chi connectivity index (χ1) is 5.72. The molecule has 2 nitrogen and oxygen atoms in total. The molecule has 0 amide bonds. The summed E-state index contributed by atoms with van der Waals surface area (Å²) in [4.78, 5) is 10.6. The van der Waals surface area contributed by atoms with Crippen LogP contribution in [-0.2, 0) is 0 Å². The molecule has 0 saturated heterocycles. The van der Waals surface area contributed by atoms with Gasteiger partial charge in [-0.2, -0.15) is 0 Å². The zero-order chi connectivity index (χ0) is 9.40. The van der Waals surface area contributed by atoms with Gasteiger partial charge in [-0.05, 0) is 19.1 Å². The highest BCUT2D eigenvalue weighted by atomic mass is 16.3. The Kier molecular flexibility index (Phi) is 5.35. The molecule has 0 aliphatic carbocycles. The van der Waals surface area contributed by atoms with E-state index in [1.807, 2.05) is 6.92 Å². The molecular weight excluding hydrogens is 152 g/mol. The van der Waals surface area contributed by atoms with Crippen molar-refractivity contribution in [1.82, 2.24) is 0 Å². The molecular formula is C10H12O2. The minimum absolute atomic E-state index is 0.208. The molecule has 1 N–H and O–H groups in total. The van der Waals surface area contributed by atoms with E-state index in [-0.39, 0.29) is 11.2 Å². The van der Waals surface area contributed by atoms with Gasteiger partial charge in [-0.15, -0.1) is 6.58 Å². The standard InChI is InChI=1S/C7H6O2.C3H6/c8-6-4-2-1-3-5-7(6)9;1-3-2/h1-5H,(H,8,9);3H,1H2,2H3. The molecule has 0 radical (unpaired) electrons. The van der Waals surface area contributed by atoms with E-state index < -0.39 is 0 Å². The van der Waals surface area contributed by atoms with Gasteiger partial charge in [0.1, 0.15) is 0 Å². The SMILES string of the molecule is C=CC.O=c1cccccc1O. The predicted octanol–water partition coefficient (Wildman–Crippen LogP) is 1.94. The van der Waals surface area contributed by atoms with Crippen LogP contribution in [0, 0.1) is 0 Å². The van der Waals surface area contributed by atoms with Crippen LogP contribution in [0.2, 0.25) is 0 Å². The summed E-state index contributed by atoms with van der Waals surface area (Å²) in [5, 5.41) is 8.77. The summed E-state index contributed by atoms with van der Waals surface area (Å²) in [5.74, 6) is -0.208. The van der Waals surface area contributed by atoms with Crippen LogP contribution in [0.5, 0.6) is 5.75 Å². The lowest BCUT2D eigenvalue weighted by molar-refractivity contribution is 0.471. The largest absolute Gasteiger partial charge is 0.504 e. The summed E-state index contributed by atoms with van der Waals surface area (Å²) in [6.07, 6.45) is 1.75. The topological polar surface area (TPSA) is 37.3 Å². The van der Waals surface area contributed by atoms with E-state index in [0.717, 1.165) is 0 Å². The summed E-state index contributed by atoms with van der Waals surface area (Å²) in [7, 11) is 0. The maximum absolute atomic E-state index is 10.6. The molecule has 2 heteroatoms. The van der Waals surface area contributed by atoms with E-state index in [1.54, 1.807) is 24.3 Å². The van der Waals surface area contributed by atoms with E-state index in [2.05, 4.69) is 6.58 Å². The van der Waals surface area contributed by atoms with Crippen LogP contribution in [0.4, 0.5) is 0 Å². The second-order valence-corrected chi connectivity index (χ2v) is 2.07. The smallest absolute Gasteiger partial charge is 0.220 e. The summed E-state index contributed by atoms with van der Waals surface area (Å²) in [5.41, 5.74) is -0.347. The molecule has 1 rings (SSSR count). The first kappa shape index (κ1) is 10.4. The third kappa shape index (κ3) is 4.28. The van der Waals surface area contributed by atoms with Crippen molar-refractivity contribution in [2.24, 2.45) is 0 Å². The molecule has 0 aliphatic rings. The molecule has 0 spiro atoms. The van der Waals surface area contributed by atoms with Crippen molar-refractivity contribution in [3.63, 3.8) is 0 Å². The molecule has 0 heterocycles. The molecule has 0 saturated carbocycles. The van der Waals surface area contributed by atoms with Crippen molar-refractivity contribution in [3.05, 3.63) is 53.2 Å². The zero-order valence-electron chi connectivity index (χ0n) is 7.03. The number of rotatable bonds is 0. The molecule has 0 atom stereocenters. The van der Waals surface area contributed by atoms with Crippen molar-refractivity contribution in [1.29, 1.82) is 0 Å². The Hall–Kier alpha value is -1.57. The average Bonchev–Trinajstić information content (AvgIpc) is 2.19. The van der Waals surface area contributed by atoms with E-state index in [1.165, 1.54) is 12.1 Å². The van der Waals surface area contributed by atoms with Gasteiger partial charge in [-0.3, -0.25) is 4.79 Å². The quantitative estimate of drug-likeness (QED) is 0.595. The van der Waals surface area contributed by atoms with Gasteiger partial charge in [0, 0.05) is 0 Å². The lowest BCUT2D eigenvalue weighted by atomic mass is 10.5. The van der Waals surface area contributed by atoms with Crippen LogP contribution in [0.3, 0.4) is 0 Å². The first-order valence-electron chi connectivity index (χ1n) is 3.57. The Morgan fingerprint density at radius 3 is 2.42 bits per heavy atom. The number of aromatic hydroxyl groups is 1. The third-order valence-electron chi connectivity index (χ3n) is 0.976. The van der Waals surface area contributed by atoms with Crippen LogP contribution < -0.4 is 5.43 Å². The molecule has 12 heavy (non-hydrogen) atoms. The molecule has 1 aromatic carbocycles. The maximum atomic E-state index is 10.6. The average molecular weight is 164 g/mol. The predicted molar refractivity (Wildman–Crippen MR) is 50.2 cm³/mol. The summed E-state index contributed by atoms with van der Waals surface area (Å²) in [6.45, 7) is 5.25. The Balaban J connectivity index is 0.000000354. The van der Waals surface area contributed by atoms with Crippen molar-refractivity contribution >= 4 is 0 Å². The maximum Gasteiger partial charge on any atom is 0.220 e. The Labute approximate surface area is 71.8 Å². The van der Waals surface area contributed by atoms with Gasteiger partial charge in [0.2, 0.25) is 5.43 Å². The van der Waals surface area contributed by atoms with Gasteiger partial charge in [-0.1, -0.05) is 24.3 Å². The fraction of sp³-hybridized carbons (Fsp3) is 0.100. The van der Waals surface area contributed by atoms with Crippen molar-refractivity contribution in [2.45, 2.75) is 6.92 Å². The summed E-state index contributed by atoms with van der Waals surface area (Å²) < 4.78 is 0. The van der Waals surface area contributed by atoms with Crippen LogP contribution in [0.15, 0.2) is 47.8 Å². The second kappa shape index (κ2) is 6.16. The summed E-state index contributed by atoms with van der Waals surface area (Å²) >= 11 is 0. The monoisotopic (exact) mass is 164 g/mol. The highest BCUT2D eigenvalue weighted by Gasteiger charge is 1.85. The first-order valence-corrected chi connectivity index (χ1v) is 3.57. The molecule has 0 unspecified atom stereocenters. The molecule has 0 aliphatic heterocycles. The Bertz CT molecular complexity index is 292. The molecule has 0 bridgehead atoms. The fourth-order valence-corrected chi connectivity index (χ4v) is 0.521. The van der Waals surface area contributed by atoms with Crippen molar-refractivity contribution < 1.29 is 5.11 Å². The Morgan fingerprint density at radius 1 is 1.33 bits per heavy atom. The number of hydrogen-bond donors (Lipinski definition) is 1. The minimum Gasteiger partial charge on any atom is -0.504 e. The molecule has 0 fully saturated rings. The van der Waals surface area contributed by atoms with Gasteiger partial charge < -0.3 is 5.11 Å². The second-order valence-electron chi connectivity index (χ2n) is 2.07. The van der Waals surface area contributed by atoms with E-state index in [4.69, 9.17) is 5.11 Å². The molecule has 0 aromatic heterocycles. The van der Waals surface area contributed by atoms with Crippen LogP contribution >= 0.6 is 0 Å². The van der Waals surface area contributed by atoms with Gasteiger partial charge in [0.05, 0.1) is 0 Å². The van der Waals surface area contributed by atoms with Crippen LogP contribution in [-0.4, -0.2) is 5.11 Å². The van der Waals surface area contributed by atoms with Gasteiger partial charge in [0.15, 0.2) is 5.75 Å². The van der Waals surface area contributed by atoms with Crippen molar-refractivity contribution in [3.8, 4) is 5.75 Å². The van der Waals surface area contributed by atoms with E-state index >= 15 is 0 Å². The van der Waals surface area contributed by atoms with E-state index in [0.29, 0.717) is 0 Å². The highest BCUT2D eigenvalue weighted by molar-refractivity contribution is 5.17. The van der Waals surface area contributed by atoms with Gasteiger partial charge >= 0.3 is 0 Å². The fourth-order valence-electron chi connectivity index (χ4n) is 0.521. The molecule has 1 aromatic rings. The minimum atomic E-state index is -0.347. The highest BCUT2D eigenvalue weighted by Crippen LogP contribution is 1.93. The number of hydrogen-bond acceptors (Lipinski definition) is 2. The Morgan fingerprint density at radius 2 is 1.83 bits per heavy atom.